The zero-order chi connectivity index (χ0) is 5.28. The Labute approximate surface area is 54.7 Å². The zero-order valence-electron chi connectivity index (χ0n) is 3.48. The summed E-state index contributed by atoms with van der Waals surface area (Å²) in [7, 11) is 0. The van der Waals surface area contributed by atoms with E-state index in [-0.39, 0.29) is 5.97 Å². The van der Waals surface area contributed by atoms with Gasteiger partial charge in [0.05, 0.1) is 6.42 Å². The number of esters is 1. The van der Waals surface area contributed by atoms with Gasteiger partial charge in [-0.15, -0.1) is 0 Å². The Hall–Kier alpha value is -0.0600. The van der Waals surface area contributed by atoms with Gasteiger partial charge in [-0.3, -0.25) is 4.79 Å². The minimum absolute atomic E-state index is 0.149. The molecule has 0 unspecified atom stereocenters. The molecule has 1 heterocycles. The monoisotopic (exact) mass is 210 g/mol. The second kappa shape index (κ2) is 1.81. The Bertz CT molecular complexity index is 128. The summed E-state index contributed by atoms with van der Waals surface area (Å²) in [5.41, 5.74) is 0. The predicted molar refractivity (Wildman–Crippen MR) is 32.8 cm³/mol. The van der Waals surface area contributed by atoms with Crippen LogP contribution in [0, 0.1) is 0 Å². The summed E-state index contributed by atoms with van der Waals surface area (Å²) in [5, 5.41) is 0. The molecule has 0 aromatic carbocycles. The molecule has 0 amide bonds. The van der Waals surface area contributed by atoms with Crippen LogP contribution < -0.4 is 0 Å². The Morgan fingerprint density at radius 3 is 2.71 bits per heavy atom. The van der Waals surface area contributed by atoms with Crippen LogP contribution in [0.4, 0.5) is 0 Å². The number of carbonyl (C=O) groups is 1. The van der Waals surface area contributed by atoms with Crippen LogP contribution in [0.2, 0.25) is 0 Å². The van der Waals surface area contributed by atoms with Gasteiger partial charge in [0.1, 0.15) is 6.26 Å². The number of hydrogen-bond donors (Lipinski definition) is 0. The Morgan fingerprint density at radius 1 is 1.86 bits per heavy atom. The third kappa shape index (κ3) is 1.15. The molecule has 0 radical (unpaired) electrons. The first-order valence-corrected chi connectivity index (χ1v) is 2.91. The van der Waals surface area contributed by atoms with Crippen LogP contribution in [0.25, 0.3) is 0 Å². The number of rotatable bonds is 0. The van der Waals surface area contributed by atoms with Crippen LogP contribution in [0.5, 0.6) is 0 Å². The van der Waals surface area contributed by atoms with Gasteiger partial charge in [0.15, 0.2) is 0 Å². The van der Waals surface area contributed by atoms with Crippen molar-refractivity contribution in [3.05, 3.63) is 9.84 Å². The van der Waals surface area contributed by atoms with Crippen LogP contribution in [0.1, 0.15) is 6.42 Å². The minimum Gasteiger partial charge on any atom is -0.433 e. The van der Waals surface area contributed by atoms with Gasteiger partial charge in [-0.25, -0.2) is 0 Å². The summed E-state index contributed by atoms with van der Waals surface area (Å²) < 4.78 is 5.43. The molecule has 0 atom stereocenters. The lowest BCUT2D eigenvalue weighted by Gasteiger charge is -1.78. The summed E-state index contributed by atoms with van der Waals surface area (Å²) in [4.78, 5) is 10.2. The smallest absolute Gasteiger partial charge is 0.315 e. The Morgan fingerprint density at radius 2 is 2.57 bits per heavy atom. The first-order valence-electron chi connectivity index (χ1n) is 1.83. The summed E-state index contributed by atoms with van der Waals surface area (Å²) in [6.45, 7) is 0. The van der Waals surface area contributed by atoms with E-state index < -0.39 is 0 Å². The average Bonchev–Trinajstić information content (AvgIpc) is 1.87. The Kier molecular flexibility index (Phi) is 1.32. The van der Waals surface area contributed by atoms with Crippen LogP contribution in [-0.2, 0) is 9.53 Å². The quantitative estimate of drug-likeness (QED) is 0.443. The van der Waals surface area contributed by atoms with Gasteiger partial charge in [-0.05, 0) is 22.6 Å². The van der Waals surface area contributed by atoms with Crippen molar-refractivity contribution >= 4 is 28.6 Å². The SMILES string of the molecule is O=C1CC(I)=CO1. The van der Waals surface area contributed by atoms with Crippen molar-refractivity contribution < 1.29 is 9.53 Å². The minimum atomic E-state index is -0.149. The molecule has 7 heavy (non-hydrogen) atoms. The highest BCUT2D eigenvalue weighted by Gasteiger charge is 2.10. The number of ether oxygens (including phenoxy) is 1. The molecule has 0 spiro atoms. The zero-order valence-corrected chi connectivity index (χ0v) is 5.64. The summed E-state index contributed by atoms with van der Waals surface area (Å²) in [5.74, 6) is -0.149. The van der Waals surface area contributed by atoms with Gasteiger partial charge in [-0.1, -0.05) is 0 Å². The average molecular weight is 210 g/mol. The second-order valence-electron chi connectivity index (χ2n) is 1.23. The van der Waals surface area contributed by atoms with Crippen LogP contribution >= 0.6 is 22.6 Å². The van der Waals surface area contributed by atoms with Crippen molar-refractivity contribution in [3.63, 3.8) is 0 Å². The van der Waals surface area contributed by atoms with E-state index >= 15 is 0 Å². The fraction of sp³-hybridized carbons (Fsp3) is 0.250. The summed E-state index contributed by atoms with van der Waals surface area (Å²) >= 11 is 2.06. The molecule has 0 saturated carbocycles. The topological polar surface area (TPSA) is 26.3 Å². The molecule has 0 saturated heterocycles. The molecular weight excluding hydrogens is 207 g/mol. The third-order valence-electron chi connectivity index (χ3n) is 0.631. The maximum atomic E-state index is 10.2. The van der Waals surface area contributed by atoms with E-state index in [1.54, 1.807) is 0 Å². The second-order valence-corrected chi connectivity index (χ2v) is 2.62. The first-order chi connectivity index (χ1) is 3.29. The molecule has 2 nitrogen and oxygen atoms in total. The van der Waals surface area contributed by atoms with Crippen molar-refractivity contribution in [3.8, 4) is 0 Å². The normalized spacial score (nSPS) is 19.0. The third-order valence-corrected chi connectivity index (χ3v) is 1.27. The highest BCUT2D eigenvalue weighted by Crippen LogP contribution is 2.17. The van der Waals surface area contributed by atoms with Crippen LogP contribution in [0.3, 0.4) is 0 Å². The van der Waals surface area contributed by atoms with Crippen molar-refractivity contribution in [1.82, 2.24) is 0 Å². The highest BCUT2D eigenvalue weighted by atomic mass is 127. The lowest BCUT2D eigenvalue weighted by Crippen LogP contribution is -1.88. The standard InChI is InChI=1S/C4H3IO2/c5-3-1-4(6)7-2-3/h2H,1H2. The van der Waals surface area contributed by atoms with Crippen molar-refractivity contribution in [2.45, 2.75) is 6.42 Å². The van der Waals surface area contributed by atoms with Crippen molar-refractivity contribution in [1.29, 1.82) is 0 Å². The van der Waals surface area contributed by atoms with E-state index in [1.807, 2.05) is 0 Å². The van der Waals surface area contributed by atoms with E-state index in [9.17, 15) is 4.79 Å². The molecule has 1 aliphatic rings. The molecule has 1 rings (SSSR count). The molecule has 3 heteroatoms. The highest BCUT2D eigenvalue weighted by molar-refractivity contribution is 14.1. The lowest BCUT2D eigenvalue weighted by molar-refractivity contribution is -0.135. The molecule has 0 bridgehead atoms. The summed E-state index contributed by atoms with van der Waals surface area (Å²) in [6.07, 6.45) is 1.93. The molecule has 0 aromatic rings. The molecule has 0 fully saturated rings. The number of halogens is 1. The Balaban J connectivity index is 2.58. The van der Waals surface area contributed by atoms with Gasteiger partial charge in [0.25, 0.3) is 0 Å². The van der Waals surface area contributed by atoms with Crippen LogP contribution in [-0.4, -0.2) is 5.97 Å². The van der Waals surface area contributed by atoms with E-state index in [0.717, 1.165) is 3.58 Å². The van der Waals surface area contributed by atoms with Crippen LogP contribution in [0.15, 0.2) is 9.84 Å². The molecule has 38 valence electrons. The molecule has 1 aliphatic heterocycles. The van der Waals surface area contributed by atoms with E-state index in [0.29, 0.717) is 6.42 Å². The molecule has 0 N–H and O–H groups in total. The van der Waals surface area contributed by atoms with Crippen molar-refractivity contribution in [2.75, 3.05) is 0 Å². The summed E-state index contributed by atoms with van der Waals surface area (Å²) in [6, 6.07) is 0. The van der Waals surface area contributed by atoms with E-state index in [1.165, 1.54) is 6.26 Å². The number of hydrogen-bond acceptors (Lipinski definition) is 2. The number of carbonyl (C=O) groups excluding carboxylic acids is 1. The maximum absolute atomic E-state index is 10.2. The maximum Gasteiger partial charge on any atom is 0.315 e. The van der Waals surface area contributed by atoms with E-state index in [2.05, 4.69) is 27.3 Å². The fourth-order valence-corrected chi connectivity index (χ4v) is 0.789. The van der Waals surface area contributed by atoms with Gasteiger partial charge >= 0.3 is 5.97 Å². The largest absolute Gasteiger partial charge is 0.433 e. The first kappa shape index (κ1) is 5.08. The number of cyclic esters (lactones) is 1. The van der Waals surface area contributed by atoms with Crippen molar-refractivity contribution in [2.24, 2.45) is 0 Å². The molecular formula is C4H3IO2. The molecule has 0 aliphatic carbocycles. The van der Waals surface area contributed by atoms with E-state index in [4.69, 9.17) is 0 Å². The van der Waals surface area contributed by atoms with Gasteiger partial charge in [0, 0.05) is 3.58 Å². The van der Waals surface area contributed by atoms with Gasteiger partial charge in [-0.2, -0.15) is 0 Å². The van der Waals surface area contributed by atoms with Gasteiger partial charge < -0.3 is 4.74 Å². The lowest BCUT2D eigenvalue weighted by atomic mass is 10.5. The van der Waals surface area contributed by atoms with Gasteiger partial charge in [0.2, 0.25) is 0 Å². The molecule has 0 aromatic heterocycles. The predicted octanol–water partition coefficient (Wildman–Crippen LogP) is 1.21. The fourth-order valence-electron chi connectivity index (χ4n) is 0.351.